The zero-order chi connectivity index (χ0) is 14.8. The van der Waals surface area contributed by atoms with E-state index in [-0.39, 0.29) is 0 Å². The van der Waals surface area contributed by atoms with Gasteiger partial charge in [-0.2, -0.15) is 0 Å². The molecule has 0 aromatic heterocycles. The molecule has 0 radical (unpaired) electrons. The number of rotatable bonds is 4. The van der Waals surface area contributed by atoms with E-state index in [9.17, 15) is 0 Å². The summed E-state index contributed by atoms with van der Waals surface area (Å²) in [6, 6.07) is 33.7. The molecule has 3 aromatic carbocycles. The van der Waals surface area contributed by atoms with E-state index in [1.165, 1.54) is 12.8 Å². The van der Waals surface area contributed by atoms with E-state index < -0.39 is 7.26 Å². The Labute approximate surface area is 133 Å². The summed E-state index contributed by atoms with van der Waals surface area (Å²) >= 11 is 0. The zero-order valence-electron chi connectivity index (χ0n) is 12.7. The Balaban J connectivity index is 2.02. The van der Waals surface area contributed by atoms with Gasteiger partial charge in [-0.1, -0.05) is 0 Å². The van der Waals surface area contributed by atoms with Gasteiger partial charge >= 0.3 is 133 Å². The maximum atomic E-state index is 2.35. The monoisotopic (exact) mass is 304 g/mol. The van der Waals surface area contributed by atoms with Crippen LogP contribution in [0.1, 0.15) is 12.8 Å². The van der Waals surface area contributed by atoms with Gasteiger partial charge in [0, 0.05) is 0 Å². The summed E-state index contributed by atoms with van der Waals surface area (Å²) in [4.78, 5) is 0. The fourth-order valence-corrected chi connectivity index (χ4v) is 9.43. The van der Waals surface area contributed by atoms with Gasteiger partial charge < -0.3 is 0 Å². The summed E-state index contributed by atoms with van der Waals surface area (Å²) in [7, 11) is -1.89. The fraction of sp³-hybridized carbons (Fsp3) is 0.143. The van der Waals surface area contributed by atoms with Crippen molar-refractivity contribution in [3.63, 3.8) is 0 Å². The third kappa shape index (κ3) is 2.19. The van der Waals surface area contributed by atoms with Crippen LogP contribution in [0.25, 0.3) is 0 Å². The fourth-order valence-electron chi connectivity index (χ4n) is 3.83. The Kier molecular flexibility index (Phi) is 3.56. The Morgan fingerprint density at radius 2 is 0.818 bits per heavy atom. The molecule has 1 aliphatic rings. The van der Waals surface area contributed by atoms with Gasteiger partial charge in [-0.25, -0.2) is 0 Å². The molecular formula is C21H21P. The molecule has 1 heteroatoms. The first kappa shape index (κ1) is 13.7. The molecule has 0 amide bonds. The van der Waals surface area contributed by atoms with Gasteiger partial charge in [0.25, 0.3) is 0 Å². The predicted molar refractivity (Wildman–Crippen MR) is 99.6 cm³/mol. The van der Waals surface area contributed by atoms with Crippen LogP contribution < -0.4 is 15.9 Å². The van der Waals surface area contributed by atoms with Crippen LogP contribution in [0.5, 0.6) is 0 Å². The molecule has 0 saturated heterocycles. The maximum absolute atomic E-state index is 2.35. The quantitative estimate of drug-likeness (QED) is 0.642. The first-order valence-electron chi connectivity index (χ1n) is 8.09. The van der Waals surface area contributed by atoms with Crippen LogP contribution in [0.2, 0.25) is 0 Å². The standard InChI is InChI=1S/C21H21P/c1-4-10-18(11-5-1)22(21-16-17-21,19-12-6-2-7-13-19)20-14-8-3-9-15-20/h1-15,21-22H,16-17H2. The second kappa shape index (κ2) is 5.71. The predicted octanol–water partition coefficient (Wildman–Crippen LogP) is 3.88. The van der Waals surface area contributed by atoms with Crippen LogP contribution in [0, 0.1) is 0 Å². The van der Waals surface area contributed by atoms with Crippen molar-refractivity contribution < 1.29 is 0 Å². The van der Waals surface area contributed by atoms with Crippen LogP contribution in [0.3, 0.4) is 0 Å². The zero-order valence-corrected chi connectivity index (χ0v) is 13.7. The van der Waals surface area contributed by atoms with Crippen molar-refractivity contribution in [2.24, 2.45) is 0 Å². The summed E-state index contributed by atoms with van der Waals surface area (Å²) in [6.07, 6.45) is 2.73. The molecule has 22 heavy (non-hydrogen) atoms. The second-order valence-corrected chi connectivity index (χ2v) is 10.3. The summed E-state index contributed by atoms with van der Waals surface area (Å²) < 4.78 is 0. The molecule has 0 atom stereocenters. The molecule has 0 spiro atoms. The van der Waals surface area contributed by atoms with Crippen molar-refractivity contribution in [2.75, 3.05) is 0 Å². The molecule has 3 aromatic rings. The van der Waals surface area contributed by atoms with Crippen LogP contribution in [0.15, 0.2) is 91.0 Å². The van der Waals surface area contributed by atoms with Crippen molar-refractivity contribution in [3.8, 4) is 0 Å². The third-order valence-corrected chi connectivity index (χ3v) is 10.4. The minimum atomic E-state index is -1.89. The van der Waals surface area contributed by atoms with E-state index in [0.717, 1.165) is 5.66 Å². The SMILES string of the molecule is c1ccc([PH](c2ccccc2)(c2ccccc2)C2CC2)cc1. The van der Waals surface area contributed by atoms with E-state index >= 15 is 0 Å². The van der Waals surface area contributed by atoms with E-state index in [0.29, 0.717) is 0 Å². The molecule has 4 rings (SSSR count). The Morgan fingerprint density at radius 3 is 1.09 bits per heavy atom. The van der Waals surface area contributed by atoms with Gasteiger partial charge in [-0.3, -0.25) is 0 Å². The van der Waals surface area contributed by atoms with Crippen molar-refractivity contribution in [2.45, 2.75) is 18.5 Å². The number of hydrogen-bond donors (Lipinski definition) is 0. The first-order valence-corrected chi connectivity index (χ1v) is 10.2. The average Bonchev–Trinajstić information content (AvgIpc) is 3.44. The number of hydrogen-bond acceptors (Lipinski definition) is 0. The minimum absolute atomic E-state index is 0.833. The van der Waals surface area contributed by atoms with Crippen molar-refractivity contribution >= 4 is 23.2 Å². The van der Waals surface area contributed by atoms with Gasteiger partial charge in [-0.15, -0.1) is 0 Å². The van der Waals surface area contributed by atoms with Crippen molar-refractivity contribution in [1.82, 2.24) is 0 Å². The van der Waals surface area contributed by atoms with Crippen molar-refractivity contribution in [3.05, 3.63) is 91.0 Å². The molecule has 0 bridgehead atoms. The van der Waals surface area contributed by atoms with Crippen LogP contribution >= 0.6 is 7.26 Å². The third-order valence-electron chi connectivity index (χ3n) is 4.88. The second-order valence-electron chi connectivity index (χ2n) is 6.18. The van der Waals surface area contributed by atoms with E-state index in [2.05, 4.69) is 91.0 Å². The summed E-state index contributed by atoms with van der Waals surface area (Å²) in [5.41, 5.74) is 0.833. The summed E-state index contributed by atoms with van der Waals surface area (Å²) in [5, 5.41) is 4.65. The topological polar surface area (TPSA) is 0 Å². The van der Waals surface area contributed by atoms with Gasteiger partial charge in [0.15, 0.2) is 0 Å². The van der Waals surface area contributed by atoms with Crippen LogP contribution in [0.4, 0.5) is 0 Å². The van der Waals surface area contributed by atoms with Gasteiger partial charge in [0.05, 0.1) is 0 Å². The molecule has 1 fully saturated rings. The normalized spacial score (nSPS) is 15.5. The van der Waals surface area contributed by atoms with E-state index in [1.807, 2.05) is 0 Å². The Morgan fingerprint density at radius 1 is 0.500 bits per heavy atom. The molecule has 1 saturated carbocycles. The molecule has 0 heterocycles. The average molecular weight is 304 g/mol. The van der Waals surface area contributed by atoms with Crippen LogP contribution in [-0.2, 0) is 0 Å². The molecule has 0 nitrogen and oxygen atoms in total. The molecule has 0 N–H and O–H groups in total. The summed E-state index contributed by atoms with van der Waals surface area (Å²) in [6.45, 7) is 0. The number of benzene rings is 3. The molecule has 1 aliphatic carbocycles. The molecule has 110 valence electrons. The Bertz CT molecular complexity index is 634. The molecular weight excluding hydrogens is 283 g/mol. The van der Waals surface area contributed by atoms with Crippen molar-refractivity contribution in [1.29, 1.82) is 0 Å². The Hall–Kier alpha value is -1.91. The molecule has 0 unspecified atom stereocenters. The van der Waals surface area contributed by atoms with E-state index in [4.69, 9.17) is 0 Å². The summed E-state index contributed by atoms with van der Waals surface area (Å²) in [5.74, 6) is 0. The van der Waals surface area contributed by atoms with Gasteiger partial charge in [0.2, 0.25) is 0 Å². The van der Waals surface area contributed by atoms with Crippen LogP contribution in [-0.4, -0.2) is 5.66 Å². The molecule has 0 aliphatic heterocycles. The van der Waals surface area contributed by atoms with Gasteiger partial charge in [0.1, 0.15) is 0 Å². The van der Waals surface area contributed by atoms with Gasteiger partial charge in [-0.05, 0) is 0 Å². The first-order chi connectivity index (χ1) is 10.9. The van der Waals surface area contributed by atoms with E-state index in [1.54, 1.807) is 15.9 Å².